The number of benzene rings is 6. The third kappa shape index (κ3) is 4.26. The number of aromatic nitrogens is 2. The van der Waals surface area contributed by atoms with Crippen LogP contribution in [0.3, 0.4) is 0 Å². The van der Waals surface area contributed by atoms with E-state index in [1.165, 1.54) is 65.1 Å². The molecule has 2 aromatic heterocycles. The number of rotatable bonds is 5. The molecule has 0 saturated heterocycles. The first-order valence-electron chi connectivity index (χ1n) is 15.5. The Balaban J connectivity index is 1.37. The molecular formula is C41H34N2S. The van der Waals surface area contributed by atoms with Crippen molar-refractivity contribution in [2.45, 2.75) is 39.5 Å². The van der Waals surface area contributed by atoms with E-state index in [-0.39, 0.29) is 0 Å². The van der Waals surface area contributed by atoms with Crippen LogP contribution in [0.25, 0.3) is 70.9 Å². The molecule has 0 saturated carbocycles. The van der Waals surface area contributed by atoms with Crippen molar-refractivity contribution in [1.82, 2.24) is 9.55 Å². The van der Waals surface area contributed by atoms with Gasteiger partial charge in [-0.3, -0.25) is 4.57 Å². The summed E-state index contributed by atoms with van der Waals surface area (Å²) in [4.78, 5) is 5.33. The highest BCUT2D eigenvalue weighted by Crippen LogP contribution is 2.42. The molecule has 0 fully saturated rings. The van der Waals surface area contributed by atoms with Crippen molar-refractivity contribution >= 4 is 54.0 Å². The molecule has 214 valence electrons. The monoisotopic (exact) mass is 586 g/mol. The lowest BCUT2D eigenvalue weighted by atomic mass is 9.92. The largest absolute Gasteiger partial charge is 0.292 e. The summed E-state index contributed by atoms with van der Waals surface area (Å²) in [6, 6.07) is 42.3. The first-order chi connectivity index (χ1) is 21.5. The highest BCUT2D eigenvalue weighted by molar-refractivity contribution is 7.17. The van der Waals surface area contributed by atoms with Gasteiger partial charge in [0, 0.05) is 21.0 Å². The maximum absolute atomic E-state index is 5.33. The second-order valence-corrected chi connectivity index (χ2v) is 13.3. The zero-order chi connectivity index (χ0) is 29.9. The molecule has 2 nitrogen and oxygen atoms in total. The fourth-order valence-corrected chi connectivity index (χ4v) is 7.69. The van der Waals surface area contributed by atoms with Crippen LogP contribution in [-0.4, -0.2) is 9.55 Å². The van der Waals surface area contributed by atoms with Gasteiger partial charge in [-0.15, -0.1) is 11.3 Å². The van der Waals surface area contributed by atoms with Crippen molar-refractivity contribution in [2.75, 3.05) is 0 Å². The summed E-state index contributed by atoms with van der Waals surface area (Å²) in [6.45, 7) is 9.17. The second-order valence-electron chi connectivity index (χ2n) is 12.4. The first kappa shape index (κ1) is 26.9. The number of para-hydroxylation sites is 3. The van der Waals surface area contributed by atoms with Crippen LogP contribution in [0, 0.1) is 0 Å². The highest BCUT2D eigenvalue weighted by Gasteiger charge is 2.23. The van der Waals surface area contributed by atoms with E-state index in [0.29, 0.717) is 11.8 Å². The van der Waals surface area contributed by atoms with Gasteiger partial charge in [-0.05, 0) is 86.0 Å². The van der Waals surface area contributed by atoms with Crippen molar-refractivity contribution in [3.63, 3.8) is 0 Å². The zero-order valence-electron chi connectivity index (χ0n) is 25.5. The first-order valence-corrected chi connectivity index (χ1v) is 16.4. The topological polar surface area (TPSA) is 17.8 Å². The Labute approximate surface area is 262 Å². The number of hydrogen-bond acceptors (Lipinski definition) is 2. The van der Waals surface area contributed by atoms with Gasteiger partial charge < -0.3 is 0 Å². The fraction of sp³-hybridized carbons (Fsp3) is 0.146. The number of nitrogens with zero attached hydrogens (tertiary/aromatic N) is 2. The van der Waals surface area contributed by atoms with Gasteiger partial charge in [0.25, 0.3) is 0 Å². The number of imidazole rings is 1. The molecule has 0 N–H and O–H groups in total. The average molecular weight is 587 g/mol. The Kier molecular flexibility index (Phi) is 6.39. The van der Waals surface area contributed by atoms with E-state index in [0.717, 1.165) is 16.9 Å². The van der Waals surface area contributed by atoms with Crippen LogP contribution in [-0.2, 0) is 0 Å². The van der Waals surface area contributed by atoms with E-state index >= 15 is 0 Å². The normalized spacial score (nSPS) is 12.0. The number of thiophene rings is 1. The molecule has 3 heteroatoms. The smallest absolute Gasteiger partial charge is 0.147 e. The molecular weight excluding hydrogens is 553 g/mol. The molecule has 0 unspecified atom stereocenters. The molecule has 0 atom stereocenters. The standard InChI is InChI=1S/C41H34N2S/c1-25(2)31-12-9-13-32(26(3)4)40(31)43-38-15-8-7-14-37(38)42-41(43)36-24-44-39-21-20-30(23-35(36)39)29-19-18-28-17-16-27-10-5-6-11-33(27)34(28)22-29/h5-26H,1-4H3. The molecule has 0 aliphatic heterocycles. The van der Waals surface area contributed by atoms with Gasteiger partial charge in [-0.2, -0.15) is 0 Å². The van der Waals surface area contributed by atoms with Crippen LogP contribution in [0.5, 0.6) is 0 Å². The van der Waals surface area contributed by atoms with Crippen molar-refractivity contribution in [3.8, 4) is 28.2 Å². The predicted molar refractivity (Wildman–Crippen MR) is 191 cm³/mol. The molecule has 0 radical (unpaired) electrons. The molecule has 0 aliphatic carbocycles. The minimum absolute atomic E-state index is 0.382. The van der Waals surface area contributed by atoms with E-state index in [1.54, 1.807) is 11.3 Å². The van der Waals surface area contributed by atoms with Crippen molar-refractivity contribution in [2.24, 2.45) is 0 Å². The molecule has 44 heavy (non-hydrogen) atoms. The Morgan fingerprint density at radius 3 is 2.00 bits per heavy atom. The Morgan fingerprint density at radius 2 is 1.23 bits per heavy atom. The molecule has 0 aliphatic rings. The Morgan fingerprint density at radius 1 is 0.591 bits per heavy atom. The van der Waals surface area contributed by atoms with Crippen LogP contribution < -0.4 is 0 Å². The van der Waals surface area contributed by atoms with Gasteiger partial charge in [-0.25, -0.2) is 4.98 Å². The molecule has 6 aromatic carbocycles. The van der Waals surface area contributed by atoms with Gasteiger partial charge in [0.1, 0.15) is 5.82 Å². The summed E-state index contributed by atoms with van der Waals surface area (Å²) in [6.07, 6.45) is 0. The SMILES string of the molecule is CC(C)c1cccc(C(C)C)c1-n1c(-c2csc3ccc(-c4ccc5ccc6ccccc6c5c4)cc23)nc2ccccc21. The van der Waals surface area contributed by atoms with Crippen LogP contribution in [0.1, 0.15) is 50.7 Å². The fourth-order valence-electron chi connectivity index (χ4n) is 6.77. The lowest BCUT2D eigenvalue weighted by molar-refractivity contribution is 0.811. The minimum Gasteiger partial charge on any atom is -0.292 e. The minimum atomic E-state index is 0.382. The maximum atomic E-state index is 5.33. The summed E-state index contributed by atoms with van der Waals surface area (Å²) in [5.74, 6) is 1.77. The van der Waals surface area contributed by atoms with Crippen LogP contribution in [0.15, 0.2) is 121 Å². The van der Waals surface area contributed by atoms with E-state index in [2.05, 4.69) is 153 Å². The molecule has 0 spiro atoms. The van der Waals surface area contributed by atoms with Crippen LogP contribution in [0.2, 0.25) is 0 Å². The molecule has 8 aromatic rings. The van der Waals surface area contributed by atoms with Gasteiger partial charge in [0.2, 0.25) is 0 Å². The summed E-state index contributed by atoms with van der Waals surface area (Å²) in [5.41, 5.74) is 9.78. The third-order valence-corrected chi connectivity index (χ3v) is 9.98. The molecule has 0 bridgehead atoms. The van der Waals surface area contributed by atoms with Crippen molar-refractivity contribution < 1.29 is 0 Å². The molecule has 2 heterocycles. The lowest BCUT2D eigenvalue weighted by Crippen LogP contribution is -2.08. The van der Waals surface area contributed by atoms with E-state index in [1.807, 2.05) is 0 Å². The zero-order valence-corrected chi connectivity index (χ0v) is 26.3. The number of hydrogen-bond donors (Lipinski definition) is 0. The highest BCUT2D eigenvalue weighted by atomic mass is 32.1. The van der Waals surface area contributed by atoms with E-state index in [9.17, 15) is 0 Å². The summed E-state index contributed by atoms with van der Waals surface area (Å²) in [5, 5.41) is 8.67. The van der Waals surface area contributed by atoms with Crippen LogP contribution in [0.4, 0.5) is 0 Å². The van der Waals surface area contributed by atoms with Gasteiger partial charge >= 0.3 is 0 Å². The average Bonchev–Trinajstić information content (AvgIpc) is 3.65. The summed E-state index contributed by atoms with van der Waals surface area (Å²) in [7, 11) is 0. The Bertz CT molecular complexity index is 2320. The van der Waals surface area contributed by atoms with Crippen molar-refractivity contribution in [3.05, 3.63) is 132 Å². The van der Waals surface area contributed by atoms with Gasteiger partial charge in [0.05, 0.1) is 16.7 Å². The predicted octanol–water partition coefficient (Wildman–Crippen LogP) is 12.1. The molecule has 8 rings (SSSR count). The lowest BCUT2D eigenvalue weighted by Gasteiger charge is -2.22. The summed E-state index contributed by atoms with van der Waals surface area (Å²) < 4.78 is 3.71. The van der Waals surface area contributed by atoms with Gasteiger partial charge in [0.15, 0.2) is 0 Å². The van der Waals surface area contributed by atoms with E-state index < -0.39 is 0 Å². The maximum Gasteiger partial charge on any atom is 0.147 e. The number of fused-ring (bicyclic) bond motifs is 5. The van der Waals surface area contributed by atoms with Crippen LogP contribution >= 0.6 is 11.3 Å². The third-order valence-electron chi connectivity index (χ3n) is 9.02. The quantitative estimate of drug-likeness (QED) is 0.183. The van der Waals surface area contributed by atoms with E-state index in [4.69, 9.17) is 4.98 Å². The second kappa shape index (κ2) is 10.5. The summed E-state index contributed by atoms with van der Waals surface area (Å²) >= 11 is 1.80. The van der Waals surface area contributed by atoms with Gasteiger partial charge in [-0.1, -0.05) is 113 Å². The molecule has 0 amide bonds. The Hall–Kier alpha value is -4.73. The van der Waals surface area contributed by atoms with Crippen molar-refractivity contribution in [1.29, 1.82) is 0 Å².